The van der Waals surface area contributed by atoms with Gasteiger partial charge in [-0.2, -0.15) is 0 Å². The minimum Gasteiger partial charge on any atom is -0.496 e. The molecule has 0 N–H and O–H groups in total. The maximum absolute atomic E-state index is 6.02. The second-order valence-electron chi connectivity index (χ2n) is 8.17. The van der Waals surface area contributed by atoms with E-state index in [1.54, 1.807) is 61.6 Å². The lowest BCUT2D eigenvalue weighted by atomic mass is 9.93. The van der Waals surface area contributed by atoms with Crippen LogP contribution in [0.15, 0.2) is 30.3 Å². The van der Waals surface area contributed by atoms with Gasteiger partial charge in [0.1, 0.15) is 18.4 Å². The van der Waals surface area contributed by atoms with Crippen molar-refractivity contribution in [3.8, 4) is 40.4 Å². The van der Waals surface area contributed by atoms with E-state index in [-0.39, 0.29) is 0 Å². The van der Waals surface area contributed by atoms with Gasteiger partial charge in [-0.3, -0.25) is 0 Å². The Morgan fingerprint density at radius 1 is 0.459 bits per heavy atom. The second kappa shape index (κ2) is 9.24. The molecule has 0 unspecified atom stereocenters. The fourth-order valence-corrected chi connectivity index (χ4v) is 5.39. The predicted octanol–water partition coefficient (Wildman–Crippen LogP) is 5.22. The van der Waals surface area contributed by atoms with Gasteiger partial charge >= 0.3 is 0 Å². The minimum atomic E-state index is 0.390. The summed E-state index contributed by atoms with van der Waals surface area (Å²) in [5.74, 6) is 3.59. The highest BCUT2D eigenvalue weighted by Gasteiger charge is 2.31. The van der Waals surface area contributed by atoms with Crippen LogP contribution < -0.4 is 38.0 Å². The molecule has 0 aliphatic heterocycles. The van der Waals surface area contributed by atoms with Gasteiger partial charge in [-0.05, 0) is 16.8 Å². The van der Waals surface area contributed by atoms with Crippen LogP contribution in [-0.2, 0) is 0 Å². The molecular formula is C28H29NO8. The van der Waals surface area contributed by atoms with Gasteiger partial charge in [0, 0.05) is 16.2 Å². The number of nitrogens with zero attached hydrogens (tertiary/aromatic N) is 1. The molecule has 5 rings (SSSR count). The number of ether oxygens (including phenoxy) is 7. The number of benzene rings is 4. The highest BCUT2D eigenvalue weighted by atomic mass is 16.7. The highest BCUT2D eigenvalue weighted by molar-refractivity contribution is 6.29. The third-order valence-electron chi connectivity index (χ3n) is 6.76. The van der Waals surface area contributed by atoms with Gasteiger partial charge in [0.25, 0.3) is 5.88 Å². The fourth-order valence-electron chi connectivity index (χ4n) is 5.39. The first-order valence-electron chi connectivity index (χ1n) is 11.5. The lowest BCUT2D eigenvalue weighted by Crippen LogP contribution is -2.08. The van der Waals surface area contributed by atoms with Crippen LogP contribution >= 0.6 is 0 Å². The molecule has 0 fully saturated rings. The molecule has 0 spiro atoms. The Balaban J connectivity index is 2.18. The van der Waals surface area contributed by atoms with E-state index >= 15 is 0 Å². The van der Waals surface area contributed by atoms with Crippen LogP contribution in [0.1, 0.15) is 0 Å². The number of fused-ring (bicyclic) bond motifs is 7. The minimum absolute atomic E-state index is 0.390. The van der Waals surface area contributed by atoms with E-state index in [0.717, 1.165) is 32.3 Å². The zero-order valence-electron chi connectivity index (χ0n) is 22.1. The van der Waals surface area contributed by atoms with Gasteiger partial charge in [0.05, 0.1) is 60.5 Å². The number of methoxy groups -OCH3 is 7. The quantitative estimate of drug-likeness (QED) is 0.265. The molecule has 0 atom stereocenters. The Labute approximate surface area is 213 Å². The molecule has 9 nitrogen and oxygen atoms in total. The molecule has 5 aromatic rings. The zero-order chi connectivity index (χ0) is 26.4. The molecule has 4 aromatic carbocycles. The SMILES string of the molecule is COc1cccc2c1c(OC)c(OC)c1c2ccc2c1c(OC)c(OC)c1c(OC)c(OC)n(OC)c12. The van der Waals surface area contributed by atoms with Crippen LogP contribution in [0.2, 0.25) is 0 Å². The summed E-state index contributed by atoms with van der Waals surface area (Å²) in [4.78, 5) is 5.77. The van der Waals surface area contributed by atoms with Gasteiger partial charge in [-0.15, -0.1) is 4.73 Å². The normalized spacial score (nSPS) is 11.2. The van der Waals surface area contributed by atoms with Gasteiger partial charge in [-0.1, -0.05) is 24.3 Å². The van der Waals surface area contributed by atoms with Crippen LogP contribution in [-0.4, -0.2) is 61.6 Å². The summed E-state index contributed by atoms with van der Waals surface area (Å²) in [5.41, 5.74) is 0.692. The third-order valence-corrected chi connectivity index (χ3v) is 6.76. The lowest BCUT2D eigenvalue weighted by Gasteiger charge is -2.21. The summed E-state index contributed by atoms with van der Waals surface area (Å²) in [6.45, 7) is 0. The van der Waals surface area contributed by atoms with Gasteiger partial charge in [-0.25, -0.2) is 0 Å². The van der Waals surface area contributed by atoms with E-state index in [9.17, 15) is 0 Å². The van der Waals surface area contributed by atoms with Gasteiger partial charge in [0.2, 0.25) is 0 Å². The number of hydrogen-bond donors (Lipinski definition) is 0. The standard InChI is InChI=1S/C28H29NO8/c1-30-17-11-9-10-14-15-12-13-16-20(19(15)24(32-3)23(31-2)18(14)17)25(33-4)26(34-5)21-22(16)29(37-8)28(36-7)27(21)35-6/h9-13H,1-8H3. The van der Waals surface area contributed by atoms with Crippen molar-refractivity contribution in [2.45, 2.75) is 0 Å². The maximum Gasteiger partial charge on any atom is 0.271 e. The predicted molar refractivity (Wildman–Crippen MR) is 143 cm³/mol. The van der Waals surface area contributed by atoms with Crippen molar-refractivity contribution in [2.24, 2.45) is 0 Å². The molecule has 1 heterocycles. The van der Waals surface area contributed by atoms with E-state index in [2.05, 4.69) is 0 Å². The van der Waals surface area contributed by atoms with Crippen molar-refractivity contribution in [1.29, 1.82) is 0 Å². The maximum atomic E-state index is 6.02. The van der Waals surface area contributed by atoms with Crippen molar-refractivity contribution in [3.05, 3.63) is 30.3 Å². The summed E-state index contributed by atoms with van der Waals surface area (Å²) < 4.78 is 42.6. The van der Waals surface area contributed by atoms with E-state index in [4.69, 9.17) is 38.0 Å². The molecule has 194 valence electrons. The summed E-state index contributed by atoms with van der Waals surface area (Å²) in [6.07, 6.45) is 0. The van der Waals surface area contributed by atoms with Crippen LogP contribution in [0.5, 0.6) is 40.4 Å². The molecule has 9 heteroatoms. The smallest absolute Gasteiger partial charge is 0.271 e. The van der Waals surface area contributed by atoms with Crippen molar-refractivity contribution in [3.63, 3.8) is 0 Å². The largest absolute Gasteiger partial charge is 0.496 e. The van der Waals surface area contributed by atoms with E-state index in [1.165, 1.54) is 0 Å². The molecule has 0 bridgehead atoms. The lowest BCUT2D eigenvalue weighted by molar-refractivity contribution is 0.147. The number of rotatable bonds is 8. The Hall–Kier alpha value is -4.40. The Morgan fingerprint density at radius 3 is 1.51 bits per heavy atom. The molecule has 0 saturated carbocycles. The van der Waals surface area contributed by atoms with E-state index in [1.807, 2.05) is 30.3 Å². The molecule has 1 aromatic heterocycles. The second-order valence-corrected chi connectivity index (χ2v) is 8.17. The van der Waals surface area contributed by atoms with Gasteiger partial charge in [0.15, 0.2) is 28.7 Å². The first-order chi connectivity index (χ1) is 18.1. The Kier molecular flexibility index (Phi) is 6.07. The fraction of sp³-hybridized carbons (Fsp3) is 0.286. The topological polar surface area (TPSA) is 78.8 Å². The van der Waals surface area contributed by atoms with Crippen molar-refractivity contribution >= 4 is 43.2 Å². The van der Waals surface area contributed by atoms with E-state index < -0.39 is 0 Å². The summed E-state index contributed by atoms with van der Waals surface area (Å²) in [5, 5.41) is 5.68. The molecule has 0 radical (unpaired) electrons. The molecule has 0 aliphatic rings. The van der Waals surface area contributed by atoms with Crippen LogP contribution in [0, 0.1) is 0 Å². The molecular weight excluding hydrogens is 478 g/mol. The average Bonchev–Trinajstić information content (AvgIpc) is 3.27. The molecule has 37 heavy (non-hydrogen) atoms. The van der Waals surface area contributed by atoms with Crippen molar-refractivity contribution < 1.29 is 38.0 Å². The van der Waals surface area contributed by atoms with Gasteiger partial charge < -0.3 is 38.0 Å². The first-order valence-corrected chi connectivity index (χ1v) is 11.5. The van der Waals surface area contributed by atoms with Crippen molar-refractivity contribution in [1.82, 2.24) is 4.73 Å². The summed E-state index contributed by atoms with van der Waals surface area (Å²) >= 11 is 0. The third kappa shape index (κ3) is 3.09. The average molecular weight is 508 g/mol. The number of hydrogen-bond acceptors (Lipinski definition) is 8. The summed E-state index contributed by atoms with van der Waals surface area (Å²) in [6, 6.07) is 9.93. The molecule has 0 aliphatic carbocycles. The van der Waals surface area contributed by atoms with Crippen molar-refractivity contribution in [2.75, 3.05) is 56.9 Å². The van der Waals surface area contributed by atoms with Crippen LogP contribution in [0.3, 0.4) is 0 Å². The highest BCUT2D eigenvalue weighted by Crippen LogP contribution is 2.56. The first kappa shape index (κ1) is 24.3. The summed E-state index contributed by atoms with van der Waals surface area (Å²) in [7, 11) is 12.7. The van der Waals surface area contributed by atoms with E-state index in [0.29, 0.717) is 51.3 Å². The Morgan fingerprint density at radius 2 is 0.973 bits per heavy atom. The monoisotopic (exact) mass is 507 g/mol. The Bertz CT molecular complexity index is 1670. The zero-order valence-corrected chi connectivity index (χ0v) is 22.1. The number of aromatic nitrogens is 1. The molecule has 0 saturated heterocycles. The van der Waals surface area contributed by atoms with Crippen LogP contribution in [0.4, 0.5) is 0 Å². The van der Waals surface area contributed by atoms with Crippen LogP contribution in [0.25, 0.3) is 43.2 Å². The molecule has 0 amide bonds.